The predicted octanol–water partition coefficient (Wildman–Crippen LogP) is 3.87. The molecule has 0 saturated carbocycles. The summed E-state index contributed by atoms with van der Waals surface area (Å²) in [5.74, 6) is -0.973. The van der Waals surface area contributed by atoms with Gasteiger partial charge in [0.1, 0.15) is 11.6 Å². The zero-order valence-electron chi connectivity index (χ0n) is 13.7. The molecule has 1 aliphatic heterocycles. The molecular weight excluding hydrogens is 347 g/mol. The molecule has 2 aromatic rings. The van der Waals surface area contributed by atoms with Crippen LogP contribution in [0.4, 0.5) is 15.8 Å². The van der Waals surface area contributed by atoms with Gasteiger partial charge in [-0.2, -0.15) is 0 Å². The molecule has 1 unspecified atom stereocenters. The third-order valence-corrected chi connectivity index (χ3v) is 4.25. The summed E-state index contributed by atoms with van der Waals surface area (Å²) >= 11 is 5.91. The predicted molar refractivity (Wildman–Crippen MR) is 93.9 cm³/mol. The number of nitrogens with zero attached hydrogens (tertiary/aromatic N) is 1. The van der Waals surface area contributed by atoms with Gasteiger partial charge in [0.15, 0.2) is 6.10 Å². The quantitative estimate of drug-likeness (QED) is 0.901. The number of carbonyl (C=O) groups excluding carboxylic acids is 2. The first kappa shape index (κ1) is 17.2. The first-order chi connectivity index (χ1) is 11.9. The molecule has 2 aromatic carbocycles. The zero-order valence-corrected chi connectivity index (χ0v) is 14.4. The standard InChI is InChI=1S/C18H16ClFN2O3/c1-3-22-14-9-11(7-8-15(14)25-10(2)18(22)24)21-17(23)16-12(19)5-4-6-13(16)20/h4-10H,3H2,1-2H3,(H,21,23). The molecule has 0 fully saturated rings. The second-order valence-corrected chi connectivity index (χ2v) is 5.98. The monoisotopic (exact) mass is 362 g/mol. The molecule has 1 N–H and O–H groups in total. The molecule has 1 atom stereocenters. The van der Waals surface area contributed by atoms with Crippen molar-refractivity contribution in [1.82, 2.24) is 0 Å². The third-order valence-electron chi connectivity index (χ3n) is 3.93. The van der Waals surface area contributed by atoms with E-state index in [2.05, 4.69) is 5.32 Å². The number of ether oxygens (including phenoxy) is 1. The van der Waals surface area contributed by atoms with E-state index in [-0.39, 0.29) is 16.5 Å². The molecule has 0 spiro atoms. The topological polar surface area (TPSA) is 58.6 Å². The summed E-state index contributed by atoms with van der Waals surface area (Å²) in [6.45, 7) is 4.00. The lowest BCUT2D eigenvalue weighted by Gasteiger charge is -2.32. The normalized spacial score (nSPS) is 16.2. The van der Waals surface area contributed by atoms with E-state index in [9.17, 15) is 14.0 Å². The minimum absolute atomic E-state index is 0.0259. The summed E-state index contributed by atoms with van der Waals surface area (Å²) < 4.78 is 19.4. The molecule has 5 nitrogen and oxygen atoms in total. The molecule has 0 aromatic heterocycles. The van der Waals surface area contributed by atoms with Crippen LogP contribution in [0.3, 0.4) is 0 Å². The highest BCUT2D eigenvalue weighted by Gasteiger charge is 2.30. The Labute approximate surface area is 149 Å². The van der Waals surface area contributed by atoms with Gasteiger partial charge >= 0.3 is 0 Å². The second kappa shape index (κ2) is 6.72. The van der Waals surface area contributed by atoms with Crippen LogP contribution in [0.2, 0.25) is 5.02 Å². The fraction of sp³-hybridized carbons (Fsp3) is 0.222. The smallest absolute Gasteiger partial charge is 0.267 e. The molecule has 1 heterocycles. The number of amides is 2. The fourth-order valence-electron chi connectivity index (χ4n) is 2.72. The van der Waals surface area contributed by atoms with Crippen molar-refractivity contribution in [2.45, 2.75) is 20.0 Å². The van der Waals surface area contributed by atoms with Crippen molar-refractivity contribution in [3.05, 3.63) is 52.8 Å². The Bertz CT molecular complexity index is 836. The van der Waals surface area contributed by atoms with Crippen LogP contribution in [0.25, 0.3) is 0 Å². The van der Waals surface area contributed by atoms with Gasteiger partial charge < -0.3 is 15.0 Å². The molecule has 0 aliphatic carbocycles. The highest BCUT2D eigenvalue weighted by molar-refractivity contribution is 6.34. The number of hydrogen-bond acceptors (Lipinski definition) is 3. The van der Waals surface area contributed by atoms with E-state index >= 15 is 0 Å². The summed E-state index contributed by atoms with van der Waals surface area (Å²) in [5.41, 5.74) is 0.741. The highest BCUT2D eigenvalue weighted by Crippen LogP contribution is 2.36. The number of hydrogen-bond donors (Lipinski definition) is 1. The van der Waals surface area contributed by atoms with Gasteiger partial charge in [-0.1, -0.05) is 17.7 Å². The third kappa shape index (κ3) is 3.17. The molecule has 0 bridgehead atoms. The Hall–Kier alpha value is -2.60. The number of rotatable bonds is 3. The number of likely N-dealkylation sites (N-methyl/N-ethyl adjacent to an activating group) is 1. The van der Waals surface area contributed by atoms with Crippen LogP contribution in [0.15, 0.2) is 36.4 Å². The molecular formula is C18H16ClFN2O3. The molecule has 1 aliphatic rings. The Morgan fingerprint density at radius 1 is 1.36 bits per heavy atom. The molecule has 25 heavy (non-hydrogen) atoms. The maximum atomic E-state index is 13.9. The lowest BCUT2D eigenvalue weighted by Crippen LogP contribution is -2.44. The van der Waals surface area contributed by atoms with Crippen LogP contribution in [0.1, 0.15) is 24.2 Å². The first-order valence-corrected chi connectivity index (χ1v) is 8.17. The molecule has 130 valence electrons. The lowest BCUT2D eigenvalue weighted by molar-refractivity contribution is -0.125. The van der Waals surface area contributed by atoms with E-state index in [1.165, 1.54) is 18.2 Å². The first-order valence-electron chi connectivity index (χ1n) is 7.79. The summed E-state index contributed by atoms with van der Waals surface area (Å²) in [5, 5.41) is 2.63. The molecule has 0 saturated heterocycles. The molecule has 0 radical (unpaired) electrons. The van der Waals surface area contributed by atoms with E-state index in [0.717, 1.165) is 0 Å². The average Bonchev–Trinajstić information content (AvgIpc) is 2.56. The Balaban J connectivity index is 1.91. The van der Waals surface area contributed by atoms with E-state index in [1.54, 1.807) is 30.0 Å². The van der Waals surface area contributed by atoms with E-state index < -0.39 is 17.8 Å². The minimum Gasteiger partial charge on any atom is -0.479 e. The average molecular weight is 363 g/mol. The Morgan fingerprint density at radius 3 is 2.80 bits per heavy atom. The van der Waals surface area contributed by atoms with Crippen LogP contribution < -0.4 is 15.0 Å². The Morgan fingerprint density at radius 2 is 2.12 bits per heavy atom. The van der Waals surface area contributed by atoms with Crippen LogP contribution >= 0.6 is 11.6 Å². The van der Waals surface area contributed by atoms with Crippen molar-refractivity contribution < 1.29 is 18.7 Å². The van der Waals surface area contributed by atoms with Crippen molar-refractivity contribution in [3.8, 4) is 5.75 Å². The summed E-state index contributed by atoms with van der Waals surface area (Å²) in [6, 6.07) is 8.95. The van der Waals surface area contributed by atoms with Crippen molar-refractivity contribution >= 4 is 34.8 Å². The number of anilines is 2. The SMILES string of the molecule is CCN1C(=O)C(C)Oc2ccc(NC(=O)c3c(F)cccc3Cl)cc21. The summed E-state index contributed by atoms with van der Waals surface area (Å²) in [4.78, 5) is 26.1. The maximum Gasteiger partial charge on any atom is 0.267 e. The number of carbonyl (C=O) groups is 2. The fourth-order valence-corrected chi connectivity index (χ4v) is 2.97. The van der Waals surface area contributed by atoms with E-state index in [4.69, 9.17) is 16.3 Å². The number of fused-ring (bicyclic) bond motifs is 1. The largest absolute Gasteiger partial charge is 0.479 e. The lowest BCUT2D eigenvalue weighted by atomic mass is 10.1. The zero-order chi connectivity index (χ0) is 18.1. The molecule has 3 rings (SSSR count). The van der Waals surface area contributed by atoms with Crippen LogP contribution in [0.5, 0.6) is 5.75 Å². The van der Waals surface area contributed by atoms with Gasteiger partial charge in [0.2, 0.25) is 0 Å². The van der Waals surface area contributed by atoms with Crippen molar-refractivity contribution in [1.29, 1.82) is 0 Å². The summed E-state index contributed by atoms with van der Waals surface area (Å²) in [7, 11) is 0. The van der Waals surface area contributed by atoms with Crippen LogP contribution in [0, 0.1) is 5.82 Å². The van der Waals surface area contributed by atoms with Gasteiger partial charge in [-0.25, -0.2) is 4.39 Å². The van der Waals surface area contributed by atoms with Gasteiger partial charge in [0, 0.05) is 12.2 Å². The van der Waals surface area contributed by atoms with Gasteiger partial charge in [-0.3, -0.25) is 9.59 Å². The molecule has 2 amide bonds. The van der Waals surface area contributed by atoms with E-state index in [0.29, 0.717) is 23.7 Å². The molecule has 7 heteroatoms. The van der Waals surface area contributed by atoms with Gasteiger partial charge in [0.05, 0.1) is 16.3 Å². The highest BCUT2D eigenvalue weighted by atomic mass is 35.5. The number of halogens is 2. The van der Waals surface area contributed by atoms with Crippen LogP contribution in [-0.4, -0.2) is 24.5 Å². The second-order valence-electron chi connectivity index (χ2n) is 5.58. The minimum atomic E-state index is -0.703. The van der Waals surface area contributed by atoms with Crippen molar-refractivity contribution in [2.75, 3.05) is 16.8 Å². The summed E-state index contributed by atoms with van der Waals surface area (Å²) in [6.07, 6.45) is -0.565. The van der Waals surface area contributed by atoms with Crippen LogP contribution in [-0.2, 0) is 4.79 Å². The van der Waals surface area contributed by atoms with Crippen molar-refractivity contribution in [2.24, 2.45) is 0 Å². The number of benzene rings is 2. The van der Waals surface area contributed by atoms with Gasteiger partial charge in [0.25, 0.3) is 11.8 Å². The maximum absolute atomic E-state index is 13.9. The van der Waals surface area contributed by atoms with Gasteiger partial charge in [-0.05, 0) is 44.2 Å². The van der Waals surface area contributed by atoms with Crippen molar-refractivity contribution in [3.63, 3.8) is 0 Å². The van der Waals surface area contributed by atoms with Gasteiger partial charge in [-0.15, -0.1) is 0 Å². The van der Waals surface area contributed by atoms with E-state index in [1.807, 2.05) is 6.92 Å². The number of nitrogens with one attached hydrogen (secondary N) is 1. The Kier molecular flexibility index (Phi) is 4.63.